The average molecular weight is 239 g/mol. The third-order valence-electron chi connectivity index (χ3n) is 2.86. The Morgan fingerprint density at radius 2 is 1.59 bits per heavy atom. The van der Waals surface area contributed by atoms with Gasteiger partial charge in [0.05, 0.1) is 26.4 Å². The summed E-state index contributed by atoms with van der Waals surface area (Å²) in [6, 6.07) is 5.46. The van der Waals surface area contributed by atoms with E-state index in [4.69, 9.17) is 19.9 Å². The van der Waals surface area contributed by atoms with Crippen molar-refractivity contribution in [2.45, 2.75) is 25.5 Å². The summed E-state index contributed by atoms with van der Waals surface area (Å²) in [6.07, 6.45) is 0.851. The van der Waals surface area contributed by atoms with E-state index >= 15 is 0 Å². The van der Waals surface area contributed by atoms with Crippen molar-refractivity contribution in [1.82, 2.24) is 0 Å². The molecule has 0 aliphatic rings. The van der Waals surface area contributed by atoms with E-state index in [-0.39, 0.29) is 12.1 Å². The van der Waals surface area contributed by atoms with Gasteiger partial charge in [-0.15, -0.1) is 0 Å². The molecular weight excluding hydrogens is 218 g/mol. The first-order chi connectivity index (χ1) is 8.15. The van der Waals surface area contributed by atoms with Crippen LogP contribution in [0, 0.1) is 0 Å². The normalized spacial score (nSPS) is 14.2. The van der Waals surface area contributed by atoms with Crippen LogP contribution in [-0.2, 0) is 4.74 Å². The number of hydrogen-bond donors (Lipinski definition) is 1. The Bertz CT molecular complexity index is 328. The van der Waals surface area contributed by atoms with Gasteiger partial charge in [0.25, 0.3) is 0 Å². The Balaban J connectivity index is 3.02. The molecule has 1 aromatic carbocycles. The van der Waals surface area contributed by atoms with Crippen LogP contribution < -0.4 is 15.2 Å². The lowest BCUT2D eigenvalue weighted by Crippen LogP contribution is -2.27. The van der Waals surface area contributed by atoms with E-state index in [2.05, 4.69) is 0 Å². The van der Waals surface area contributed by atoms with Crippen LogP contribution in [0.3, 0.4) is 0 Å². The van der Waals surface area contributed by atoms with Gasteiger partial charge in [-0.2, -0.15) is 0 Å². The molecule has 2 N–H and O–H groups in total. The Kier molecular flexibility index (Phi) is 5.25. The van der Waals surface area contributed by atoms with Crippen molar-refractivity contribution >= 4 is 0 Å². The van der Waals surface area contributed by atoms with Crippen molar-refractivity contribution in [3.8, 4) is 11.5 Å². The summed E-state index contributed by atoms with van der Waals surface area (Å²) in [5.41, 5.74) is 7.12. The molecule has 0 aliphatic heterocycles. The monoisotopic (exact) mass is 239 g/mol. The van der Waals surface area contributed by atoms with Crippen molar-refractivity contribution in [2.24, 2.45) is 5.73 Å². The van der Waals surface area contributed by atoms with Crippen LogP contribution in [0.1, 0.15) is 24.9 Å². The summed E-state index contributed by atoms with van der Waals surface area (Å²) in [5.74, 6) is 1.47. The van der Waals surface area contributed by atoms with E-state index in [1.807, 2.05) is 25.1 Å². The largest absolute Gasteiger partial charge is 0.497 e. The highest BCUT2D eigenvalue weighted by Gasteiger charge is 2.18. The zero-order valence-corrected chi connectivity index (χ0v) is 10.9. The Hall–Kier alpha value is -1.26. The number of rotatable bonds is 6. The van der Waals surface area contributed by atoms with Crippen LogP contribution in [0.25, 0.3) is 0 Å². The molecule has 0 radical (unpaired) electrons. The number of nitrogens with two attached hydrogens (primary N) is 1. The molecule has 1 aromatic rings. The van der Waals surface area contributed by atoms with Crippen molar-refractivity contribution < 1.29 is 14.2 Å². The van der Waals surface area contributed by atoms with Crippen molar-refractivity contribution in [3.63, 3.8) is 0 Å². The first-order valence-corrected chi connectivity index (χ1v) is 5.67. The molecule has 0 bridgehead atoms. The second kappa shape index (κ2) is 6.47. The third kappa shape index (κ3) is 3.35. The SMILES string of the molecule is CCC(OC)C(N)c1cc(OC)cc(OC)c1. The van der Waals surface area contributed by atoms with Crippen molar-refractivity contribution in [1.29, 1.82) is 0 Å². The van der Waals surface area contributed by atoms with Crippen LogP contribution in [0.2, 0.25) is 0 Å². The van der Waals surface area contributed by atoms with Gasteiger partial charge in [-0.3, -0.25) is 0 Å². The molecular formula is C13H21NO3. The maximum Gasteiger partial charge on any atom is 0.122 e. The Labute approximate surface area is 103 Å². The zero-order chi connectivity index (χ0) is 12.8. The van der Waals surface area contributed by atoms with Gasteiger partial charge in [-0.05, 0) is 24.1 Å². The molecule has 4 nitrogen and oxygen atoms in total. The molecule has 0 saturated carbocycles. The maximum absolute atomic E-state index is 6.17. The molecule has 4 heteroatoms. The topological polar surface area (TPSA) is 53.7 Å². The van der Waals surface area contributed by atoms with Crippen LogP contribution in [-0.4, -0.2) is 27.4 Å². The van der Waals surface area contributed by atoms with Gasteiger partial charge in [-0.25, -0.2) is 0 Å². The lowest BCUT2D eigenvalue weighted by atomic mass is 10.00. The summed E-state index contributed by atoms with van der Waals surface area (Å²) < 4.78 is 15.8. The summed E-state index contributed by atoms with van der Waals surface area (Å²) in [5, 5.41) is 0. The van der Waals surface area contributed by atoms with E-state index in [0.29, 0.717) is 0 Å². The number of hydrogen-bond acceptors (Lipinski definition) is 4. The summed E-state index contributed by atoms with van der Waals surface area (Å²) >= 11 is 0. The summed E-state index contributed by atoms with van der Waals surface area (Å²) in [4.78, 5) is 0. The summed E-state index contributed by atoms with van der Waals surface area (Å²) in [6.45, 7) is 2.05. The van der Waals surface area contributed by atoms with Crippen LogP contribution in [0.4, 0.5) is 0 Å². The van der Waals surface area contributed by atoms with Gasteiger partial charge in [0.1, 0.15) is 11.5 Å². The Morgan fingerprint density at radius 3 is 1.94 bits per heavy atom. The first-order valence-electron chi connectivity index (χ1n) is 5.67. The first kappa shape index (κ1) is 13.8. The fourth-order valence-electron chi connectivity index (χ4n) is 1.80. The van der Waals surface area contributed by atoms with Gasteiger partial charge >= 0.3 is 0 Å². The molecule has 0 heterocycles. The Morgan fingerprint density at radius 1 is 1.06 bits per heavy atom. The van der Waals surface area contributed by atoms with Gasteiger partial charge in [0.15, 0.2) is 0 Å². The highest BCUT2D eigenvalue weighted by molar-refractivity contribution is 5.40. The van der Waals surface area contributed by atoms with E-state index in [0.717, 1.165) is 23.5 Å². The number of methoxy groups -OCH3 is 3. The van der Waals surface area contributed by atoms with Crippen LogP contribution in [0.5, 0.6) is 11.5 Å². The van der Waals surface area contributed by atoms with E-state index in [9.17, 15) is 0 Å². The molecule has 0 aromatic heterocycles. The predicted molar refractivity (Wildman–Crippen MR) is 67.6 cm³/mol. The molecule has 1 rings (SSSR count). The van der Waals surface area contributed by atoms with Crippen LogP contribution in [0.15, 0.2) is 18.2 Å². The van der Waals surface area contributed by atoms with Gasteiger partial charge in [0.2, 0.25) is 0 Å². The standard InChI is InChI=1S/C13H21NO3/c1-5-12(17-4)13(14)9-6-10(15-2)8-11(7-9)16-3/h6-8,12-13H,5,14H2,1-4H3. The van der Waals surface area contributed by atoms with E-state index in [1.165, 1.54) is 0 Å². The smallest absolute Gasteiger partial charge is 0.122 e. The molecule has 17 heavy (non-hydrogen) atoms. The molecule has 0 aliphatic carbocycles. The van der Waals surface area contributed by atoms with Gasteiger partial charge in [0, 0.05) is 13.2 Å². The molecule has 96 valence electrons. The highest BCUT2D eigenvalue weighted by atomic mass is 16.5. The van der Waals surface area contributed by atoms with Gasteiger partial charge < -0.3 is 19.9 Å². The minimum absolute atomic E-state index is 0.00758. The molecule has 0 fully saturated rings. The second-order valence-corrected chi connectivity index (χ2v) is 3.85. The molecule has 2 atom stereocenters. The molecule has 0 amide bonds. The quantitative estimate of drug-likeness (QED) is 0.826. The van der Waals surface area contributed by atoms with Crippen molar-refractivity contribution in [3.05, 3.63) is 23.8 Å². The average Bonchev–Trinajstić information content (AvgIpc) is 2.39. The van der Waals surface area contributed by atoms with E-state index in [1.54, 1.807) is 21.3 Å². The van der Waals surface area contributed by atoms with Crippen LogP contribution >= 0.6 is 0 Å². The number of ether oxygens (including phenoxy) is 3. The number of benzene rings is 1. The third-order valence-corrected chi connectivity index (χ3v) is 2.86. The lowest BCUT2D eigenvalue weighted by molar-refractivity contribution is 0.0771. The second-order valence-electron chi connectivity index (χ2n) is 3.85. The zero-order valence-electron chi connectivity index (χ0n) is 10.9. The van der Waals surface area contributed by atoms with Crippen molar-refractivity contribution in [2.75, 3.05) is 21.3 Å². The fraction of sp³-hybridized carbons (Fsp3) is 0.538. The van der Waals surface area contributed by atoms with E-state index < -0.39 is 0 Å². The molecule has 0 saturated heterocycles. The fourth-order valence-corrected chi connectivity index (χ4v) is 1.80. The summed E-state index contributed by atoms with van der Waals surface area (Å²) in [7, 11) is 4.92. The predicted octanol–water partition coefficient (Wildman–Crippen LogP) is 2.13. The maximum atomic E-state index is 6.17. The highest BCUT2D eigenvalue weighted by Crippen LogP contribution is 2.28. The van der Waals surface area contributed by atoms with Gasteiger partial charge in [-0.1, -0.05) is 6.92 Å². The molecule has 0 spiro atoms. The molecule has 2 unspecified atom stereocenters. The lowest BCUT2D eigenvalue weighted by Gasteiger charge is -2.22. The minimum atomic E-state index is -0.186. The minimum Gasteiger partial charge on any atom is -0.497 e.